The average Bonchev–Trinajstić information content (AvgIpc) is 2.67. The van der Waals surface area contributed by atoms with Gasteiger partial charge in [0.1, 0.15) is 11.6 Å². The topological polar surface area (TPSA) is 9.23 Å². The van der Waals surface area contributed by atoms with Crippen LogP contribution in [0.5, 0.6) is 5.75 Å². The molecule has 1 nitrogen and oxygen atoms in total. The standard InChI is InChI=1S/C23H16ClFO/c1-26-21-10-6-16-12-19(3-2-17(16)13-21)22-11-7-18(14-23(22)25)15-4-8-20(24)9-5-15/h2-14H,1H3. The van der Waals surface area contributed by atoms with Crippen molar-refractivity contribution in [1.82, 2.24) is 0 Å². The van der Waals surface area contributed by atoms with Crippen LogP contribution >= 0.6 is 11.6 Å². The number of benzene rings is 4. The molecule has 0 heterocycles. The van der Waals surface area contributed by atoms with Gasteiger partial charge in [0, 0.05) is 10.6 Å². The molecule has 3 heteroatoms. The predicted octanol–water partition coefficient (Wildman–Crippen LogP) is 6.97. The zero-order chi connectivity index (χ0) is 18.1. The van der Waals surface area contributed by atoms with Gasteiger partial charge in [-0.05, 0) is 63.9 Å². The molecule has 0 aliphatic carbocycles. The molecule has 26 heavy (non-hydrogen) atoms. The van der Waals surface area contributed by atoms with E-state index in [0.717, 1.165) is 33.2 Å². The smallest absolute Gasteiger partial charge is 0.131 e. The fourth-order valence-corrected chi connectivity index (χ4v) is 3.22. The van der Waals surface area contributed by atoms with Crippen LogP contribution < -0.4 is 4.74 Å². The van der Waals surface area contributed by atoms with Crippen molar-refractivity contribution in [3.63, 3.8) is 0 Å². The van der Waals surface area contributed by atoms with E-state index in [-0.39, 0.29) is 5.82 Å². The maximum atomic E-state index is 14.8. The lowest BCUT2D eigenvalue weighted by Crippen LogP contribution is -1.88. The Bertz CT molecular complexity index is 1090. The highest BCUT2D eigenvalue weighted by atomic mass is 35.5. The summed E-state index contributed by atoms with van der Waals surface area (Å²) in [6, 6.07) is 24.5. The van der Waals surface area contributed by atoms with E-state index in [9.17, 15) is 4.39 Å². The zero-order valence-corrected chi connectivity index (χ0v) is 14.9. The molecule has 0 saturated heterocycles. The summed E-state index contributed by atoms with van der Waals surface area (Å²) in [6.45, 7) is 0. The number of halogens is 2. The molecule has 0 bridgehead atoms. The molecule has 0 N–H and O–H groups in total. The SMILES string of the molecule is COc1ccc2cc(-c3ccc(-c4ccc(Cl)cc4)cc3F)ccc2c1. The van der Waals surface area contributed by atoms with Crippen LogP contribution in [0.4, 0.5) is 4.39 Å². The first-order valence-electron chi connectivity index (χ1n) is 8.28. The van der Waals surface area contributed by atoms with Gasteiger partial charge in [-0.25, -0.2) is 4.39 Å². The lowest BCUT2D eigenvalue weighted by atomic mass is 9.97. The van der Waals surface area contributed by atoms with Crippen molar-refractivity contribution in [2.45, 2.75) is 0 Å². The van der Waals surface area contributed by atoms with Gasteiger partial charge in [-0.1, -0.05) is 54.1 Å². The van der Waals surface area contributed by atoms with Crippen LogP contribution in [0.25, 0.3) is 33.0 Å². The Balaban J connectivity index is 1.73. The second-order valence-corrected chi connectivity index (χ2v) is 6.57. The first-order chi connectivity index (χ1) is 12.6. The molecule has 0 atom stereocenters. The maximum Gasteiger partial charge on any atom is 0.131 e. The van der Waals surface area contributed by atoms with Crippen molar-refractivity contribution >= 4 is 22.4 Å². The number of ether oxygens (including phenoxy) is 1. The van der Waals surface area contributed by atoms with Crippen LogP contribution in [0.2, 0.25) is 5.02 Å². The van der Waals surface area contributed by atoms with Crippen molar-refractivity contribution in [3.8, 4) is 28.0 Å². The minimum absolute atomic E-state index is 0.245. The monoisotopic (exact) mass is 362 g/mol. The molecule has 0 unspecified atom stereocenters. The highest BCUT2D eigenvalue weighted by molar-refractivity contribution is 6.30. The fourth-order valence-electron chi connectivity index (χ4n) is 3.09. The molecule has 0 amide bonds. The van der Waals surface area contributed by atoms with Gasteiger partial charge in [0.05, 0.1) is 7.11 Å². The van der Waals surface area contributed by atoms with Gasteiger partial charge in [-0.3, -0.25) is 0 Å². The largest absolute Gasteiger partial charge is 0.497 e. The Kier molecular flexibility index (Phi) is 4.36. The summed E-state index contributed by atoms with van der Waals surface area (Å²) < 4.78 is 20.0. The normalized spacial score (nSPS) is 10.9. The van der Waals surface area contributed by atoms with Crippen molar-refractivity contribution in [1.29, 1.82) is 0 Å². The first kappa shape index (κ1) is 16.6. The number of methoxy groups -OCH3 is 1. The quantitative estimate of drug-likeness (QED) is 0.382. The minimum atomic E-state index is -0.245. The van der Waals surface area contributed by atoms with Crippen LogP contribution in [0.1, 0.15) is 0 Å². The fraction of sp³-hybridized carbons (Fsp3) is 0.0435. The zero-order valence-electron chi connectivity index (χ0n) is 14.2. The number of hydrogen-bond acceptors (Lipinski definition) is 1. The van der Waals surface area contributed by atoms with Gasteiger partial charge in [0.15, 0.2) is 0 Å². The molecule has 0 fully saturated rings. The Morgan fingerprint density at radius 2 is 1.35 bits per heavy atom. The van der Waals surface area contributed by atoms with Gasteiger partial charge in [-0.15, -0.1) is 0 Å². The summed E-state index contributed by atoms with van der Waals surface area (Å²) in [5.74, 6) is 0.564. The molecular weight excluding hydrogens is 347 g/mol. The summed E-state index contributed by atoms with van der Waals surface area (Å²) in [7, 11) is 1.65. The van der Waals surface area contributed by atoms with E-state index in [1.807, 2.05) is 60.7 Å². The van der Waals surface area contributed by atoms with Crippen LogP contribution in [-0.4, -0.2) is 7.11 Å². The van der Waals surface area contributed by atoms with Crippen molar-refractivity contribution in [2.24, 2.45) is 0 Å². The van der Waals surface area contributed by atoms with E-state index in [2.05, 4.69) is 0 Å². The minimum Gasteiger partial charge on any atom is -0.497 e. The summed E-state index contributed by atoms with van der Waals surface area (Å²) in [6.07, 6.45) is 0. The van der Waals surface area contributed by atoms with Gasteiger partial charge in [-0.2, -0.15) is 0 Å². The Morgan fingerprint density at radius 3 is 2.08 bits per heavy atom. The van der Waals surface area contributed by atoms with E-state index in [1.165, 1.54) is 0 Å². The highest BCUT2D eigenvalue weighted by Gasteiger charge is 2.09. The van der Waals surface area contributed by atoms with E-state index in [4.69, 9.17) is 16.3 Å². The summed E-state index contributed by atoms with van der Waals surface area (Å²) in [4.78, 5) is 0. The first-order valence-corrected chi connectivity index (χ1v) is 8.65. The third kappa shape index (κ3) is 3.16. The van der Waals surface area contributed by atoms with Gasteiger partial charge >= 0.3 is 0 Å². The van der Waals surface area contributed by atoms with E-state index >= 15 is 0 Å². The van der Waals surface area contributed by atoms with E-state index in [1.54, 1.807) is 25.3 Å². The Labute approximate surface area is 156 Å². The van der Waals surface area contributed by atoms with Crippen LogP contribution in [0, 0.1) is 5.82 Å². The molecular formula is C23H16ClFO. The molecule has 0 aliphatic rings. The lowest BCUT2D eigenvalue weighted by Gasteiger charge is -2.09. The molecule has 0 radical (unpaired) electrons. The van der Waals surface area contributed by atoms with Crippen LogP contribution in [0.3, 0.4) is 0 Å². The Hall–Kier alpha value is -2.84. The van der Waals surface area contributed by atoms with E-state index < -0.39 is 0 Å². The summed E-state index contributed by atoms with van der Waals surface area (Å²) >= 11 is 5.92. The molecule has 4 aromatic carbocycles. The molecule has 4 aromatic rings. The molecule has 4 rings (SSSR count). The molecule has 0 aromatic heterocycles. The lowest BCUT2D eigenvalue weighted by molar-refractivity contribution is 0.415. The van der Waals surface area contributed by atoms with Crippen molar-refractivity contribution < 1.29 is 9.13 Å². The third-order valence-corrected chi connectivity index (χ3v) is 4.76. The van der Waals surface area contributed by atoms with Gasteiger partial charge in [0.25, 0.3) is 0 Å². The second-order valence-electron chi connectivity index (χ2n) is 6.13. The third-order valence-electron chi connectivity index (χ3n) is 4.51. The molecule has 0 aliphatic heterocycles. The summed E-state index contributed by atoms with van der Waals surface area (Å²) in [5, 5.41) is 2.77. The molecule has 128 valence electrons. The number of rotatable bonds is 3. The average molecular weight is 363 g/mol. The van der Waals surface area contributed by atoms with Crippen LogP contribution in [0.15, 0.2) is 78.9 Å². The second kappa shape index (κ2) is 6.81. The van der Waals surface area contributed by atoms with Gasteiger partial charge in [0.2, 0.25) is 0 Å². The molecule has 0 spiro atoms. The number of hydrogen-bond donors (Lipinski definition) is 0. The van der Waals surface area contributed by atoms with Crippen LogP contribution in [-0.2, 0) is 0 Å². The molecule has 0 saturated carbocycles. The van der Waals surface area contributed by atoms with Gasteiger partial charge < -0.3 is 4.74 Å². The highest BCUT2D eigenvalue weighted by Crippen LogP contribution is 2.31. The van der Waals surface area contributed by atoms with E-state index in [0.29, 0.717) is 10.6 Å². The summed E-state index contributed by atoms with van der Waals surface area (Å²) in [5.41, 5.74) is 3.20. The van der Waals surface area contributed by atoms with Crippen molar-refractivity contribution in [2.75, 3.05) is 7.11 Å². The predicted molar refractivity (Wildman–Crippen MR) is 106 cm³/mol. The maximum absolute atomic E-state index is 14.8. The van der Waals surface area contributed by atoms with Crippen molar-refractivity contribution in [3.05, 3.63) is 89.7 Å². The number of fused-ring (bicyclic) bond motifs is 1. The Morgan fingerprint density at radius 1 is 0.692 bits per heavy atom.